The standard InChI is InChI=1S/C5H2Cl2N2O/c6-3-1-2-8-5(9-3)4(7)10/h1-2H. The second-order valence-electron chi connectivity index (χ2n) is 1.48. The fraction of sp³-hybridized carbons (Fsp3) is 0. The van der Waals surface area contributed by atoms with Crippen LogP contribution < -0.4 is 0 Å². The summed E-state index contributed by atoms with van der Waals surface area (Å²) in [5.74, 6) is -0.0748. The number of carbonyl (C=O) groups is 1. The van der Waals surface area contributed by atoms with E-state index in [4.69, 9.17) is 23.2 Å². The molecule has 10 heavy (non-hydrogen) atoms. The maximum atomic E-state index is 10.4. The Bertz CT molecular complexity index is 264. The molecule has 52 valence electrons. The molecular formula is C5H2Cl2N2O. The minimum absolute atomic E-state index is 0.0748. The Hall–Kier alpha value is -0.670. The molecule has 0 aliphatic carbocycles. The molecule has 0 atom stereocenters. The van der Waals surface area contributed by atoms with Gasteiger partial charge >= 0.3 is 0 Å². The number of nitrogens with zero attached hydrogens (tertiary/aromatic N) is 2. The predicted octanol–water partition coefficient (Wildman–Crippen LogP) is 1.51. The van der Waals surface area contributed by atoms with E-state index in [1.807, 2.05) is 0 Å². The highest BCUT2D eigenvalue weighted by Gasteiger charge is 2.03. The fourth-order valence-electron chi connectivity index (χ4n) is 0.431. The quantitative estimate of drug-likeness (QED) is 0.482. The molecule has 0 aliphatic heterocycles. The van der Waals surface area contributed by atoms with Gasteiger partial charge in [0.15, 0.2) is 0 Å². The molecule has 5 heteroatoms. The van der Waals surface area contributed by atoms with E-state index in [0.29, 0.717) is 0 Å². The second-order valence-corrected chi connectivity index (χ2v) is 2.21. The van der Waals surface area contributed by atoms with E-state index in [9.17, 15) is 4.79 Å². The number of hydrogen-bond donors (Lipinski definition) is 0. The molecule has 1 aromatic rings. The Balaban J connectivity index is 3.07. The highest BCUT2D eigenvalue weighted by atomic mass is 35.5. The molecule has 1 rings (SSSR count). The molecule has 3 nitrogen and oxygen atoms in total. The normalized spacial score (nSPS) is 9.40. The molecular weight excluding hydrogens is 175 g/mol. The molecule has 0 unspecified atom stereocenters. The second kappa shape index (κ2) is 2.94. The van der Waals surface area contributed by atoms with E-state index in [-0.39, 0.29) is 11.0 Å². The van der Waals surface area contributed by atoms with Crippen LogP contribution in [0.3, 0.4) is 0 Å². The lowest BCUT2D eigenvalue weighted by molar-refractivity contribution is 0.107. The van der Waals surface area contributed by atoms with E-state index in [2.05, 4.69) is 9.97 Å². The highest BCUT2D eigenvalue weighted by Crippen LogP contribution is 2.03. The minimum Gasteiger partial charge on any atom is -0.272 e. The Morgan fingerprint density at radius 1 is 1.60 bits per heavy atom. The van der Waals surface area contributed by atoms with Crippen LogP contribution in [-0.4, -0.2) is 15.2 Å². The van der Waals surface area contributed by atoms with E-state index < -0.39 is 5.24 Å². The molecule has 0 saturated carbocycles. The molecule has 1 aromatic heterocycles. The summed E-state index contributed by atoms with van der Waals surface area (Å²) >= 11 is 10.5. The smallest absolute Gasteiger partial charge is 0.272 e. The summed E-state index contributed by atoms with van der Waals surface area (Å²) < 4.78 is 0. The van der Waals surface area contributed by atoms with Crippen molar-refractivity contribution in [2.24, 2.45) is 0 Å². The summed E-state index contributed by atoms with van der Waals surface area (Å²) in [6.45, 7) is 0. The number of hydrogen-bond acceptors (Lipinski definition) is 3. The topological polar surface area (TPSA) is 42.9 Å². The third-order valence-electron chi connectivity index (χ3n) is 0.797. The van der Waals surface area contributed by atoms with E-state index >= 15 is 0 Å². The summed E-state index contributed by atoms with van der Waals surface area (Å²) in [7, 11) is 0. The maximum Gasteiger partial charge on any atom is 0.289 e. The van der Waals surface area contributed by atoms with E-state index in [1.54, 1.807) is 0 Å². The van der Waals surface area contributed by atoms with Gasteiger partial charge in [0.05, 0.1) is 0 Å². The van der Waals surface area contributed by atoms with Crippen molar-refractivity contribution >= 4 is 28.4 Å². The van der Waals surface area contributed by atoms with E-state index in [0.717, 1.165) is 0 Å². The van der Waals surface area contributed by atoms with Gasteiger partial charge in [0.25, 0.3) is 5.24 Å². The Kier molecular flexibility index (Phi) is 2.19. The zero-order chi connectivity index (χ0) is 7.56. The van der Waals surface area contributed by atoms with Crippen LogP contribution in [0.15, 0.2) is 12.3 Å². The van der Waals surface area contributed by atoms with Crippen molar-refractivity contribution in [3.63, 3.8) is 0 Å². The fourth-order valence-corrected chi connectivity index (χ4v) is 0.659. The van der Waals surface area contributed by atoms with Crippen molar-refractivity contribution < 1.29 is 4.79 Å². The van der Waals surface area contributed by atoms with Crippen molar-refractivity contribution in [2.45, 2.75) is 0 Å². The Morgan fingerprint density at radius 3 is 2.70 bits per heavy atom. The highest BCUT2D eigenvalue weighted by molar-refractivity contribution is 6.67. The average molecular weight is 177 g/mol. The molecule has 1 heterocycles. The third-order valence-corrected chi connectivity index (χ3v) is 1.18. The lowest BCUT2D eigenvalue weighted by atomic mass is 10.6. The third kappa shape index (κ3) is 1.65. The summed E-state index contributed by atoms with van der Waals surface area (Å²) in [5.41, 5.74) is 0. The van der Waals surface area contributed by atoms with Crippen molar-refractivity contribution in [1.82, 2.24) is 9.97 Å². The molecule has 0 N–H and O–H groups in total. The van der Waals surface area contributed by atoms with Crippen molar-refractivity contribution in [2.75, 3.05) is 0 Å². The molecule has 0 fully saturated rings. The van der Waals surface area contributed by atoms with Gasteiger partial charge in [-0.05, 0) is 17.7 Å². The first-order chi connectivity index (χ1) is 4.70. The van der Waals surface area contributed by atoms with Gasteiger partial charge < -0.3 is 0 Å². The zero-order valence-electron chi connectivity index (χ0n) is 4.71. The predicted molar refractivity (Wildman–Crippen MR) is 37.2 cm³/mol. The summed E-state index contributed by atoms with van der Waals surface area (Å²) in [6.07, 6.45) is 1.37. The van der Waals surface area contributed by atoms with Gasteiger partial charge in [-0.15, -0.1) is 0 Å². The van der Waals surface area contributed by atoms with Crippen LogP contribution >= 0.6 is 23.2 Å². The van der Waals surface area contributed by atoms with Gasteiger partial charge in [-0.2, -0.15) is 0 Å². The van der Waals surface area contributed by atoms with Crippen LogP contribution in [0.2, 0.25) is 5.15 Å². The van der Waals surface area contributed by atoms with Crippen LogP contribution in [0.25, 0.3) is 0 Å². The molecule has 0 aromatic carbocycles. The van der Waals surface area contributed by atoms with Crippen LogP contribution in [0.4, 0.5) is 0 Å². The minimum atomic E-state index is -0.706. The Labute approximate surface area is 67.0 Å². The number of aromatic nitrogens is 2. The molecule has 0 bridgehead atoms. The van der Waals surface area contributed by atoms with Gasteiger partial charge in [-0.3, -0.25) is 4.79 Å². The molecule has 0 amide bonds. The SMILES string of the molecule is O=C(Cl)c1nccc(Cl)n1. The Morgan fingerprint density at radius 2 is 2.30 bits per heavy atom. The summed E-state index contributed by atoms with van der Waals surface area (Å²) in [6, 6.07) is 1.46. The monoisotopic (exact) mass is 176 g/mol. The van der Waals surface area contributed by atoms with Crippen LogP contribution in [0, 0.1) is 0 Å². The molecule has 0 radical (unpaired) electrons. The van der Waals surface area contributed by atoms with Gasteiger partial charge in [-0.1, -0.05) is 11.6 Å². The molecule has 0 aliphatic rings. The maximum absolute atomic E-state index is 10.4. The average Bonchev–Trinajstić information content (AvgIpc) is 1.88. The number of carbonyl (C=O) groups excluding carboxylic acids is 1. The first-order valence-electron chi connectivity index (χ1n) is 2.38. The van der Waals surface area contributed by atoms with Crippen LogP contribution in [-0.2, 0) is 0 Å². The van der Waals surface area contributed by atoms with Gasteiger partial charge in [-0.25, -0.2) is 9.97 Å². The lowest BCUT2D eigenvalue weighted by Gasteiger charge is -1.89. The first kappa shape index (κ1) is 7.44. The van der Waals surface area contributed by atoms with Crippen molar-refractivity contribution in [1.29, 1.82) is 0 Å². The summed E-state index contributed by atoms with van der Waals surface area (Å²) in [4.78, 5) is 17.5. The van der Waals surface area contributed by atoms with Crippen LogP contribution in [0.5, 0.6) is 0 Å². The van der Waals surface area contributed by atoms with Crippen LogP contribution in [0.1, 0.15) is 10.6 Å². The first-order valence-corrected chi connectivity index (χ1v) is 3.14. The molecule has 0 saturated heterocycles. The van der Waals surface area contributed by atoms with Gasteiger partial charge in [0.2, 0.25) is 5.82 Å². The lowest BCUT2D eigenvalue weighted by Crippen LogP contribution is -1.96. The van der Waals surface area contributed by atoms with Crippen molar-refractivity contribution in [3.05, 3.63) is 23.2 Å². The largest absolute Gasteiger partial charge is 0.289 e. The number of rotatable bonds is 1. The van der Waals surface area contributed by atoms with E-state index in [1.165, 1.54) is 12.3 Å². The zero-order valence-corrected chi connectivity index (χ0v) is 6.23. The summed E-state index contributed by atoms with van der Waals surface area (Å²) in [5, 5.41) is -0.499. The molecule has 0 spiro atoms. The van der Waals surface area contributed by atoms with Gasteiger partial charge in [0.1, 0.15) is 5.15 Å². The van der Waals surface area contributed by atoms with Crippen molar-refractivity contribution in [3.8, 4) is 0 Å². The van der Waals surface area contributed by atoms with Gasteiger partial charge in [0, 0.05) is 6.20 Å². The number of halogens is 2.